The van der Waals surface area contributed by atoms with Crippen molar-refractivity contribution in [2.24, 2.45) is 0 Å². The number of hydrogen-bond donors (Lipinski definition) is 0. The Bertz CT molecular complexity index is 233. The van der Waals surface area contributed by atoms with Gasteiger partial charge in [0.05, 0.1) is 5.66 Å². The second-order valence-electron chi connectivity index (χ2n) is 4.29. The maximum absolute atomic E-state index is 12.3. The lowest BCUT2D eigenvalue weighted by Gasteiger charge is -2.23. The predicted molar refractivity (Wildman–Crippen MR) is 73.6 cm³/mol. The molecule has 102 valence electrons. The Morgan fingerprint density at radius 2 is 1.76 bits per heavy atom. The molecule has 0 heterocycles. The number of hydrogen-bond acceptors (Lipinski definition) is 3. The molecule has 17 heavy (non-hydrogen) atoms. The van der Waals surface area contributed by atoms with Gasteiger partial charge in [0, 0.05) is 14.2 Å². The van der Waals surface area contributed by atoms with Gasteiger partial charge in [0.1, 0.15) is 0 Å². The van der Waals surface area contributed by atoms with Crippen LogP contribution in [0.5, 0.6) is 0 Å². The van der Waals surface area contributed by atoms with E-state index >= 15 is 0 Å². The smallest absolute Gasteiger partial charge is 0.312 e. The Morgan fingerprint density at radius 3 is 2.24 bits per heavy atom. The molecule has 0 aromatic carbocycles. The molecular formula is C13H27O3P. The highest BCUT2D eigenvalue weighted by atomic mass is 31.2. The van der Waals surface area contributed by atoms with E-state index in [0.29, 0.717) is 6.42 Å². The monoisotopic (exact) mass is 262 g/mol. The van der Waals surface area contributed by atoms with Crippen molar-refractivity contribution in [3.05, 3.63) is 12.7 Å². The van der Waals surface area contributed by atoms with Crippen LogP contribution in [0.2, 0.25) is 0 Å². The Balaban J connectivity index is 4.14. The maximum atomic E-state index is 12.3. The van der Waals surface area contributed by atoms with Crippen molar-refractivity contribution in [3.8, 4) is 0 Å². The third kappa shape index (κ3) is 6.40. The SMILES string of the molecule is C=CCC(CCCCCCC)P(=O)(OC)OC. The summed E-state index contributed by atoms with van der Waals surface area (Å²) in [5.74, 6) is 0. The molecule has 0 aliphatic carbocycles. The first-order chi connectivity index (χ1) is 8.14. The van der Waals surface area contributed by atoms with Gasteiger partial charge in [-0.05, 0) is 12.8 Å². The molecule has 0 bridgehead atoms. The van der Waals surface area contributed by atoms with Crippen LogP contribution in [0, 0.1) is 0 Å². The summed E-state index contributed by atoms with van der Waals surface area (Å²) in [4.78, 5) is 0. The molecule has 0 rings (SSSR count). The van der Waals surface area contributed by atoms with Crippen molar-refractivity contribution in [2.75, 3.05) is 14.2 Å². The summed E-state index contributed by atoms with van der Waals surface area (Å²) in [7, 11) is -0.0230. The van der Waals surface area contributed by atoms with Crippen LogP contribution in [-0.2, 0) is 13.6 Å². The summed E-state index contributed by atoms with van der Waals surface area (Å²) in [5, 5.41) is 0. The minimum Gasteiger partial charge on any atom is -0.312 e. The summed E-state index contributed by atoms with van der Waals surface area (Å²) < 4.78 is 22.4. The molecule has 0 aliphatic heterocycles. The fourth-order valence-corrected chi connectivity index (χ4v) is 3.61. The van der Waals surface area contributed by atoms with Gasteiger partial charge in [0.2, 0.25) is 0 Å². The fourth-order valence-electron chi connectivity index (χ4n) is 1.95. The van der Waals surface area contributed by atoms with Gasteiger partial charge in [0.25, 0.3) is 0 Å². The molecule has 4 heteroatoms. The van der Waals surface area contributed by atoms with Gasteiger partial charge in [-0.3, -0.25) is 4.57 Å². The van der Waals surface area contributed by atoms with Crippen LogP contribution in [0.4, 0.5) is 0 Å². The molecule has 0 aromatic rings. The highest BCUT2D eigenvalue weighted by Gasteiger charge is 2.32. The lowest BCUT2D eigenvalue weighted by Crippen LogP contribution is -2.10. The highest BCUT2D eigenvalue weighted by Crippen LogP contribution is 2.54. The van der Waals surface area contributed by atoms with Crippen molar-refractivity contribution in [3.63, 3.8) is 0 Å². The Morgan fingerprint density at radius 1 is 1.18 bits per heavy atom. The quantitative estimate of drug-likeness (QED) is 0.305. The van der Waals surface area contributed by atoms with E-state index in [1.165, 1.54) is 39.9 Å². The zero-order chi connectivity index (χ0) is 13.1. The second-order valence-corrected chi connectivity index (χ2v) is 6.83. The van der Waals surface area contributed by atoms with Crippen molar-refractivity contribution in [1.82, 2.24) is 0 Å². The normalized spacial score (nSPS) is 13.6. The molecule has 1 atom stereocenters. The van der Waals surface area contributed by atoms with Crippen LogP contribution in [0.15, 0.2) is 12.7 Å². The minimum atomic E-state index is -2.93. The minimum absolute atomic E-state index is 0.0448. The fraction of sp³-hybridized carbons (Fsp3) is 0.846. The average molecular weight is 262 g/mol. The van der Waals surface area contributed by atoms with Crippen LogP contribution < -0.4 is 0 Å². The molecule has 0 saturated carbocycles. The Hall–Kier alpha value is -0.110. The maximum Gasteiger partial charge on any atom is 0.333 e. The molecule has 0 spiro atoms. The van der Waals surface area contributed by atoms with Gasteiger partial charge in [-0.1, -0.05) is 45.1 Å². The van der Waals surface area contributed by atoms with Gasteiger partial charge >= 0.3 is 7.60 Å². The average Bonchev–Trinajstić information content (AvgIpc) is 2.36. The summed E-state index contributed by atoms with van der Waals surface area (Å²) in [6, 6.07) is 0. The summed E-state index contributed by atoms with van der Waals surface area (Å²) >= 11 is 0. The van der Waals surface area contributed by atoms with E-state index < -0.39 is 7.60 Å². The van der Waals surface area contributed by atoms with Crippen molar-refractivity contribution in [2.45, 2.75) is 57.5 Å². The zero-order valence-electron chi connectivity index (χ0n) is 11.5. The number of unbranched alkanes of at least 4 members (excludes halogenated alkanes) is 4. The first kappa shape index (κ1) is 16.9. The lowest BCUT2D eigenvalue weighted by atomic mass is 10.1. The highest BCUT2D eigenvalue weighted by molar-refractivity contribution is 7.54. The van der Waals surface area contributed by atoms with Crippen LogP contribution in [0.1, 0.15) is 51.9 Å². The van der Waals surface area contributed by atoms with Crippen LogP contribution >= 0.6 is 7.60 Å². The standard InChI is InChI=1S/C13H27O3P/c1-5-7-8-9-10-12-13(11-6-2)17(14,15-3)16-4/h6,13H,2,5,7-12H2,1,3-4H3. The third-order valence-electron chi connectivity index (χ3n) is 3.04. The largest absolute Gasteiger partial charge is 0.333 e. The molecule has 0 fully saturated rings. The lowest BCUT2D eigenvalue weighted by molar-refractivity contribution is 0.262. The summed E-state index contributed by atoms with van der Waals surface area (Å²) in [6.07, 6.45) is 9.40. The Kier molecular flexibility index (Phi) is 9.81. The van der Waals surface area contributed by atoms with E-state index in [-0.39, 0.29) is 5.66 Å². The third-order valence-corrected chi connectivity index (χ3v) is 5.42. The van der Waals surface area contributed by atoms with Crippen LogP contribution in [-0.4, -0.2) is 19.9 Å². The van der Waals surface area contributed by atoms with E-state index in [4.69, 9.17) is 9.05 Å². The summed E-state index contributed by atoms with van der Waals surface area (Å²) in [5.41, 5.74) is -0.0448. The molecule has 0 N–H and O–H groups in total. The van der Waals surface area contributed by atoms with E-state index in [2.05, 4.69) is 13.5 Å². The number of rotatable bonds is 11. The van der Waals surface area contributed by atoms with Gasteiger partial charge in [0.15, 0.2) is 0 Å². The Labute approximate surface area is 106 Å². The van der Waals surface area contributed by atoms with Crippen LogP contribution in [0.3, 0.4) is 0 Å². The summed E-state index contributed by atoms with van der Waals surface area (Å²) in [6.45, 7) is 5.91. The van der Waals surface area contributed by atoms with Crippen molar-refractivity contribution in [1.29, 1.82) is 0 Å². The van der Waals surface area contributed by atoms with Gasteiger partial charge in [-0.15, -0.1) is 6.58 Å². The van der Waals surface area contributed by atoms with E-state index in [1.807, 2.05) is 0 Å². The van der Waals surface area contributed by atoms with E-state index in [0.717, 1.165) is 12.8 Å². The van der Waals surface area contributed by atoms with Crippen molar-refractivity contribution < 1.29 is 13.6 Å². The van der Waals surface area contributed by atoms with E-state index in [1.54, 1.807) is 6.08 Å². The molecule has 1 unspecified atom stereocenters. The van der Waals surface area contributed by atoms with Gasteiger partial charge in [-0.25, -0.2) is 0 Å². The second kappa shape index (κ2) is 9.87. The first-order valence-electron chi connectivity index (χ1n) is 6.46. The van der Waals surface area contributed by atoms with Gasteiger partial charge in [-0.2, -0.15) is 0 Å². The van der Waals surface area contributed by atoms with E-state index in [9.17, 15) is 4.57 Å². The zero-order valence-corrected chi connectivity index (χ0v) is 12.4. The first-order valence-corrected chi connectivity index (χ1v) is 8.07. The van der Waals surface area contributed by atoms with Gasteiger partial charge < -0.3 is 9.05 Å². The van der Waals surface area contributed by atoms with Crippen LogP contribution in [0.25, 0.3) is 0 Å². The number of allylic oxidation sites excluding steroid dienone is 1. The predicted octanol–water partition coefficient (Wildman–Crippen LogP) is 4.78. The van der Waals surface area contributed by atoms with Crippen molar-refractivity contribution >= 4 is 7.60 Å². The topological polar surface area (TPSA) is 35.5 Å². The molecule has 3 nitrogen and oxygen atoms in total. The molecule has 0 saturated heterocycles. The molecule has 0 radical (unpaired) electrons. The molecule has 0 amide bonds. The molecular weight excluding hydrogens is 235 g/mol. The molecule has 0 aromatic heterocycles. The molecule has 0 aliphatic rings.